The van der Waals surface area contributed by atoms with Crippen LogP contribution in [0.3, 0.4) is 0 Å². The number of esters is 3. The van der Waals surface area contributed by atoms with Gasteiger partial charge in [0, 0.05) is 19.3 Å². The van der Waals surface area contributed by atoms with Crippen molar-refractivity contribution in [3.63, 3.8) is 0 Å². The van der Waals surface area contributed by atoms with Crippen LogP contribution in [0.5, 0.6) is 0 Å². The lowest BCUT2D eigenvalue weighted by molar-refractivity contribution is -0.167. The summed E-state index contributed by atoms with van der Waals surface area (Å²) in [7, 11) is 0. The van der Waals surface area contributed by atoms with E-state index >= 15 is 0 Å². The monoisotopic (exact) mass is 1060 g/mol. The summed E-state index contributed by atoms with van der Waals surface area (Å²) in [4.78, 5) is 38.3. The third-order valence-corrected chi connectivity index (χ3v) is 14.1. The Morgan fingerprint density at radius 2 is 0.513 bits per heavy atom. The van der Waals surface area contributed by atoms with E-state index in [0.717, 1.165) is 103 Å². The fraction of sp³-hybridized carbons (Fsp3) is 0.757. The molecule has 0 aromatic heterocycles. The Balaban J connectivity index is 4.35. The number of unbranched alkanes of at least 4 members (excludes halogenated alkanes) is 34. The summed E-state index contributed by atoms with van der Waals surface area (Å²) in [5, 5.41) is 0. The highest BCUT2D eigenvalue weighted by atomic mass is 16.6. The summed E-state index contributed by atoms with van der Waals surface area (Å²) in [5.74, 6) is -0.906. The smallest absolute Gasteiger partial charge is 0.306 e. The normalized spacial score (nSPS) is 12.6. The minimum atomic E-state index is -0.794. The zero-order valence-electron chi connectivity index (χ0n) is 50.3. The second kappa shape index (κ2) is 64.1. The van der Waals surface area contributed by atoms with Gasteiger partial charge in [-0.25, -0.2) is 0 Å². The third kappa shape index (κ3) is 61.4. The minimum absolute atomic E-state index is 0.0871. The Labute approximate surface area is 471 Å². The molecule has 0 saturated carbocycles. The molecule has 6 nitrogen and oxygen atoms in total. The number of hydrogen-bond donors (Lipinski definition) is 0. The van der Waals surface area contributed by atoms with E-state index in [1.54, 1.807) is 0 Å². The summed E-state index contributed by atoms with van der Waals surface area (Å²) < 4.78 is 16.9. The highest BCUT2D eigenvalue weighted by molar-refractivity contribution is 5.71. The van der Waals surface area contributed by atoms with Crippen LogP contribution < -0.4 is 0 Å². The van der Waals surface area contributed by atoms with Crippen LogP contribution in [-0.2, 0) is 28.6 Å². The SMILES string of the molecule is CC/C=C\C/C=C\C/C=C\C/C=C\C/C=C\CCCCCC(=O)OC(COC(=O)CCCCCCCCCCCCCCCC)COC(=O)CCCCCCCCCCCCCCC/C=C\C/C=C\CCCCCCC. The van der Waals surface area contributed by atoms with Gasteiger partial charge in [-0.2, -0.15) is 0 Å². The first-order valence-corrected chi connectivity index (χ1v) is 32.6. The first-order chi connectivity index (χ1) is 37.5. The molecule has 0 spiro atoms. The average Bonchev–Trinajstić information content (AvgIpc) is 3.42. The highest BCUT2D eigenvalue weighted by Crippen LogP contribution is 2.17. The van der Waals surface area contributed by atoms with Crippen LogP contribution in [0.4, 0.5) is 0 Å². The Bertz CT molecular complexity index is 1450. The fourth-order valence-electron chi connectivity index (χ4n) is 9.27. The summed E-state index contributed by atoms with van der Waals surface area (Å²) in [5.41, 5.74) is 0. The molecule has 0 bridgehead atoms. The van der Waals surface area contributed by atoms with Crippen LogP contribution in [0.2, 0.25) is 0 Å². The van der Waals surface area contributed by atoms with Gasteiger partial charge >= 0.3 is 17.9 Å². The topological polar surface area (TPSA) is 78.9 Å². The Morgan fingerprint density at radius 1 is 0.276 bits per heavy atom. The molecular formula is C70H122O6. The first kappa shape index (κ1) is 72.6. The van der Waals surface area contributed by atoms with Gasteiger partial charge in [0.1, 0.15) is 13.2 Å². The molecule has 0 saturated heterocycles. The Morgan fingerprint density at radius 3 is 0.816 bits per heavy atom. The van der Waals surface area contributed by atoms with Gasteiger partial charge in [0.25, 0.3) is 0 Å². The van der Waals surface area contributed by atoms with E-state index in [4.69, 9.17) is 14.2 Å². The van der Waals surface area contributed by atoms with Crippen LogP contribution in [0.25, 0.3) is 0 Å². The number of carbonyl (C=O) groups excluding carboxylic acids is 3. The van der Waals surface area contributed by atoms with E-state index in [0.29, 0.717) is 19.3 Å². The van der Waals surface area contributed by atoms with E-state index in [1.165, 1.54) is 180 Å². The number of carbonyl (C=O) groups is 3. The minimum Gasteiger partial charge on any atom is -0.462 e. The summed E-state index contributed by atoms with van der Waals surface area (Å²) in [6, 6.07) is 0. The molecule has 438 valence electrons. The van der Waals surface area contributed by atoms with Gasteiger partial charge in [-0.3, -0.25) is 14.4 Å². The molecule has 0 N–H and O–H groups in total. The van der Waals surface area contributed by atoms with Crippen molar-refractivity contribution in [1.29, 1.82) is 0 Å². The molecular weight excluding hydrogens is 937 g/mol. The zero-order chi connectivity index (χ0) is 55.0. The summed E-state index contributed by atoms with van der Waals surface area (Å²) in [6.07, 6.45) is 84.5. The van der Waals surface area contributed by atoms with Crippen LogP contribution in [0.15, 0.2) is 85.1 Å². The molecule has 1 atom stereocenters. The molecule has 0 rings (SSSR count). The van der Waals surface area contributed by atoms with Crippen molar-refractivity contribution >= 4 is 17.9 Å². The molecule has 76 heavy (non-hydrogen) atoms. The molecule has 1 unspecified atom stereocenters. The van der Waals surface area contributed by atoms with Crippen LogP contribution >= 0.6 is 0 Å². The number of allylic oxidation sites excluding steroid dienone is 14. The van der Waals surface area contributed by atoms with Gasteiger partial charge in [0.2, 0.25) is 0 Å². The zero-order valence-corrected chi connectivity index (χ0v) is 50.3. The van der Waals surface area contributed by atoms with Crippen molar-refractivity contribution in [2.24, 2.45) is 0 Å². The quantitative estimate of drug-likeness (QED) is 0.0261. The first-order valence-electron chi connectivity index (χ1n) is 32.6. The lowest BCUT2D eigenvalue weighted by atomic mass is 10.0. The van der Waals surface area contributed by atoms with Gasteiger partial charge in [-0.15, -0.1) is 0 Å². The fourth-order valence-corrected chi connectivity index (χ4v) is 9.27. The van der Waals surface area contributed by atoms with Crippen molar-refractivity contribution in [2.75, 3.05) is 13.2 Å². The number of hydrogen-bond acceptors (Lipinski definition) is 6. The maximum absolute atomic E-state index is 12.9. The molecule has 0 heterocycles. The van der Waals surface area contributed by atoms with Gasteiger partial charge in [0.15, 0.2) is 6.10 Å². The van der Waals surface area contributed by atoms with Crippen molar-refractivity contribution < 1.29 is 28.6 Å². The Hall–Kier alpha value is -3.41. The molecule has 0 radical (unpaired) electrons. The van der Waals surface area contributed by atoms with Crippen molar-refractivity contribution in [1.82, 2.24) is 0 Å². The van der Waals surface area contributed by atoms with E-state index in [9.17, 15) is 14.4 Å². The third-order valence-electron chi connectivity index (χ3n) is 14.1. The van der Waals surface area contributed by atoms with Gasteiger partial charge in [-0.1, -0.05) is 292 Å². The lowest BCUT2D eigenvalue weighted by Gasteiger charge is -2.18. The number of rotatable bonds is 59. The van der Waals surface area contributed by atoms with Crippen LogP contribution in [0, 0.1) is 0 Å². The molecule has 0 aliphatic rings. The van der Waals surface area contributed by atoms with Crippen molar-refractivity contribution in [3.8, 4) is 0 Å². The highest BCUT2D eigenvalue weighted by Gasteiger charge is 2.19. The summed E-state index contributed by atoms with van der Waals surface area (Å²) in [6.45, 7) is 6.52. The molecule has 0 aliphatic heterocycles. The van der Waals surface area contributed by atoms with Crippen LogP contribution in [-0.4, -0.2) is 37.2 Å². The predicted octanol–water partition coefficient (Wildman–Crippen LogP) is 22.3. The maximum Gasteiger partial charge on any atom is 0.306 e. The lowest BCUT2D eigenvalue weighted by Crippen LogP contribution is -2.30. The van der Waals surface area contributed by atoms with E-state index in [-0.39, 0.29) is 31.1 Å². The molecule has 0 fully saturated rings. The van der Waals surface area contributed by atoms with Crippen molar-refractivity contribution in [2.45, 2.75) is 329 Å². The van der Waals surface area contributed by atoms with Crippen LogP contribution in [0.1, 0.15) is 323 Å². The Kier molecular flexibility index (Phi) is 61.2. The largest absolute Gasteiger partial charge is 0.462 e. The van der Waals surface area contributed by atoms with E-state index < -0.39 is 6.10 Å². The standard InChI is InChI=1S/C70H122O6/c1-4-7-10-13-16-19-22-25-28-30-32-33-34-35-36-37-39-40-42-45-48-51-54-57-60-63-69(72)75-66-67(65-74-68(71)62-59-56-53-50-47-44-27-24-21-18-15-12-9-6-3)76-70(73)64-61-58-55-52-49-46-43-41-38-31-29-26-23-20-17-14-11-8-5-2/h8,11,17,20,22,25-26,29-30,32,38,41,46,49,67H,4-7,9-10,12-16,18-19,21,23-24,27-28,31,33-37,39-40,42-45,47-48,50-66H2,1-3H3/b11-8-,20-17-,25-22-,29-26-,32-30-,41-38-,49-46-. The second-order valence-electron chi connectivity index (χ2n) is 21.6. The van der Waals surface area contributed by atoms with E-state index in [1.807, 2.05) is 0 Å². The molecule has 0 aliphatic carbocycles. The molecule has 0 amide bonds. The van der Waals surface area contributed by atoms with Gasteiger partial charge in [-0.05, 0) is 96.3 Å². The predicted molar refractivity (Wildman–Crippen MR) is 330 cm³/mol. The molecule has 6 heteroatoms. The van der Waals surface area contributed by atoms with Gasteiger partial charge in [0.05, 0.1) is 0 Å². The molecule has 0 aromatic rings. The van der Waals surface area contributed by atoms with E-state index in [2.05, 4.69) is 106 Å². The summed E-state index contributed by atoms with van der Waals surface area (Å²) >= 11 is 0. The number of ether oxygens (including phenoxy) is 3. The maximum atomic E-state index is 12.9. The average molecular weight is 1060 g/mol. The second-order valence-corrected chi connectivity index (χ2v) is 21.6. The van der Waals surface area contributed by atoms with Crippen molar-refractivity contribution in [3.05, 3.63) is 85.1 Å². The molecule has 0 aromatic carbocycles. The van der Waals surface area contributed by atoms with Gasteiger partial charge < -0.3 is 14.2 Å².